The molecule has 0 atom stereocenters. The molecule has 1 saturated carbocycles. The van der Waals surface area contributed by atoms with Crippen molar-refractivity contribution in [1.82, 2.24) is 9.97 Å². The van der Waals surface area contributed by atoms with E-state index in [1.165, 1.54) is 12.1 Å². The van der Waals surface area contributed by atoms with Gasteiger partial charge in [-0.1, -0.05) is 25.5 Å². The van der Waals surface area contributed by atoms with Crippen molar-refractivity contribution in [2.24, 2.45) is 0 Å². The number of nitrogens with zero attached hydrogens (tertiary/aromatic N) is 1. The van der Waals surface area contributed by atoms with Gasteiger partial charge in [-0.15, -0.1) is 8.78 Å². The zero-order chi connectivity index (χ0) is 24.1. The molecule has 2 aliphatic rings. The third-order valence-electron chi connectivity index (χ3n) is 6.51. The van der Waals surface area contributed by atoms with Gasteiger partial charge >= 0.3 is 6.29 Å². The molecule has 1 aliphatic heterocycles. The maximum absolute atomic E-state index is 13.4. The van der Waals surface area contributed by atoms with Crippen LogP contribution in [0.1, 0.15) is 50.0 Å². The molecule has 0 unspecified atom stereocenters. The van der Waals surface area contributed by atoms with E-state index in [0.717, 1.165) is 17.5 Å². The van der Waals surface area contributed by atoms with Gasteiger partial charge in [0, 0.05) is 30.9 Å². The minimum atomic E-state index is -3.69. The van der Waals surface area contributed by atoms with Gasteiger partial charge in [0.15, 0.2) is 11.5 Å². The topological polar surface area (TPSA) is 81.3 Å². The van der Waals surface area contributed by atoms with Gasteiger partial charge in [0.2, 0.25) is 0 Å². The number of rotatable bonds is 7. The molecule has 1 N–H and O–H groups in total. The highest BCUT2D eigenvalue weighted by atomic mass is 19.3. The van der Waals surface area contributed by atoms with Gasteiger partial charge in [0.05, 0.1) is 11.1 Å². The lowest BCUT2D eigenvalue weighted by Crippen LogP contribution is -2.26. The molecular formula is C26H26F2N2O4. The van der Waals surface area contributed by atoms with Gasteiger partial charge < -0.3 is 14.5 Å². The van der Waals surface area contributed by atoms with E-state index in [0.29, 0.717) is 41.8 Å². The number of benzene rings is 1. The van der Waals surface area contributed by atoms with Gasteiger partial charge in [0.1, 0.15) is 5.78 Å². The average molecular weight is 469 g/mol. The molecule has 3 aromatic rings. The van der Waals surface area contributed by atoms with Gasteiger partial charge in [-0.05, 0) is 61.6 Å². The third-order valence-corrected chi connectivity index (χ3v) is 6.51. The molecule has 6 nitrogen and oxygen atoms in total. The Balaban J connectivity index is 0.00000289. The summed E-state index contributed by atoms with van der Waals surface area (Å²) in [4.78, 5) is 32.9. The Morgan fingerprint density at radius 2 is 1.91 bits per heavy atom. The molecule has 178 valence electrons. The van der Waals surface area contributed by atoms with Crippen LogP contribution in [0.4, 0.5) is 8.78 Å². The Morgan fingerprint density at radius 1 is 1.15 bits per heavy atom. The second kappa shape index (κ2) is 8.04. The molecule has 0 saturated heterocycles. The Hall–Kier alpha value is -3.55. The molecule has 34 heavy (non-hydrogen) atoms. The molecule has 1 aliphatic carbocycles. The molecule has 1 aromatic carbocycles. The Bertz CT molecular complexity index is 1350. The molecule has 2 aromatic heterocycles. The van der Waals surface area contributed by atoms with Gasteiger partial charge in [-0.3, -0.25) is 14.6 Å². The summed E-state index contributed by atoms with van der Waals surface area (Å²) in [5, 5.41) is 0. The molecule has 8 heteroatoms. The summed E-state index contributed by atoms with van der Waals surface area (Å²) < 4.78 is 35.8. The van der Waals surface area contributed by atoms with Crippen LogP contribution in [0.25, 0.3) is 11.3 Å². The van der Waals surface area contributed by atoms with Crippen LogP contribution in [0.2, 0.25) is 0 Å². The Labute approximate surface area is 196 Å². The van der Waals surface area contributed by atoms with Crippen LogP contribution in [0.5, 0.6) is 11.5 Å². The second-order valence-electron chi connectivity index (χ2n) is 8.97. The fraction of sp³-hybridized carbons (Fsp3) is 0.346. The zero-order valence-corrected chi connectivity index (χ0v) is 18.9. The number of hydrogen-bond donors (Lipinski definition) is 1. The lowest BCUT2D eigenvalue weighted by Gasteiger charge is -2.16. The number of Topliss-reactive ketones (excluding diaryl/α,β-unsaturated/α-hetero) is 1. The van der Waals surface area contributed by atoms with E-state index in [1.54, 1.807) is 12.3 Å². The van der Waals surface area contributed by atoms with Crippen LogP contribution in [0.3, 0.4) is 0 Å². The van der Waals surface area contributed by atoms with Gasteiger partial charge in [0.25, 0.3) is 5.56 Å². The van der Waals surface area contributed by atoms with E-state index in [1.807, 2.05) is 32.0 Å². The minimum Gasteiger partial charge on any atom is -0.395 e. The highest BCUT2D eigenvalue weighted by molar-refractivity contribution is 5.94. The molecule has 1 fully saturated rings. The summed E-state index contributed by atoms with van der Waals surface area (Å²) in [6.45, 7) is 3.95. The van der Waals surface area contributed by atoms with Crippen molar-refractivity contribution in [3.05, 3.63) is 75.3 Å². The van der Waals surface area contributed by atoms with E-state index >= 15 is 0 Å². The summed E-state index contributed by atoms with van der Waals surface area (Å²) in [5.74, 6) is -0.114. The number of hydrogen-bond acceptors (Lipinski definition) is 5. The highest BCUT2D eigenvalue weighted by Gasteiger charge is 2.52. The van der Waals surface area contributed by atoms with Crippen LogP contribution < -0.4 is 15.0 Å². The van der Waals surface area contributed by atoms with Crippen molar-refractivity contribution in [2.45, 2.75) is 57.7 Å². The predicted octanol–water partition coefficient (Wildman–Crippen LogP) is 5.11. The zero-order valence-electron chi connectivity index (χ0n) is 18.9. The number of fused-ring (bicyclic) bond motifs is 1. The molecule has 0 radical (unpaired) electrons. The van der Waals surface area contributed by atoms with Crippen LogP contribution in [0.15, 0.2) is 47.4 Å². The summed E-state index contributed by atoms with van der Waals surface area (Å²) >= 11 is 0. The number of alkyl halides is 2. The quantitative estimate of drug-likeness (QED) is 0.521. The van der Waals surface area contributed by atoms with Crippen molar-refractivity contribution in [3.8, 4) is 22.8 Å². The number of carbonyl (C=O) groups is 1. The lowest BCUT2D eigenvalue weighted by atomic mass is 9.88. The third kappa shape index (κ3) is 3.97. The summed E-state index contributed by atoms with van der Waals surface area (Å²) in [7, 11) is 0. The largest absolute Gasteiger partial charge is 0.586 e. The number of nitrogens with one attached hydrogen (secondary N) is 1. The van der Waals surface area contributed by atoms with Crippen LogP contribution in [-0.4, -0.2) is 22.0 Å². The first-order valence-electron chi connectivity index (χ1n) is 11.3. The second-order valence-corrected chi connectivity index (χ2v) is 8.97. The SMILES string of the molecule is CCCc1cc(-c2nc(CC(=O)C3(c4ccc5c(c4)OC(F)(F)O5)CC3)ccc2C)c[nH]c1=O.[HH]. The normalized spacial score (nSPS) is 16.9. The Kier molecular flexibility index (Phi) is 5.26. The number of aromatic nitrogens is 2. The number of ether oxygens (including phenoxy) is 2. The van der Waals surface area contributed by atoms with E-state index in [4.69, 9.17) is 4.98 Å². The summed E-state index contributed by atoms with van der Waals surface area (Å²) in [5.41, 5.74) is 3.59. The van der Waals surface area contributed by atoms with E-state index in [2.05, 4.69) is 14.5 Å². The molecule has 0 spiro atoms. The van der Waals surface area contributed by atoms with E-state index < -0.39 is 11.7 Å². The minimum absolute atomic E-state index is 0. The average Bonchev–Trinajstić information content (AvgIpc) is 3.54. The van der Waals surface area contributed by atoms with Crippen molar-refractivity contribution in [1.29, 1.82) is 0 Å². The monoisotopic (exact) mass is 468 g/mol. The standard InChI is InChI=1S/C26H24F2N2O4.H2/c1-3-4-16-11-17(14-29-24(16)32)23-15(2)5-7-19(30-23)13-22(31)25(9-10-25)18-6-8-20-21(12-18)34-26(27,28)33-20;/h5-8,11-12,14H,3-4,9-10,13H2,1-2H3,(H,29,32);1H. The maximum Gasteiger partial charge on any atom is 0.586 e. The van der Waals surface area contributed by atoms with Crippen molar-refractivity contribution in [3.63, 3.8) is 0 Å². The van der Waals surface area contributed by atoms with Crippen LogP contribution >= 0.6 is 0 Å². The van der Waals surface area contributed by atoms with Gasteiger partial charge in [-0.25, -0.2) is 0 Å². The molecule has 5 rings (SSSR count). The predicted molar refractivity (Wildman–Crippen MR) is 123 cm³/mol. The smallest absolute Gasteiger partial charge is 0.395 e. The number of H-pyrrole nitrogens is 1. The molecule has 0 amide bonds. The van der Waals surface area contributed by atoms with E-state index in [-0.39, 0.29) is 30.7 Å². The lowest BCUT2D eigenvalue weighted by molar-refractivity contribution is -0.286. The number of pyridine rings is 2. The number of ketones is 1. The summed E-state index contributed by atoms with van der Waals surface area (Å²) in [6.07, 6.45) is 0.873. The van der Waals surface area contributed by atoms with Crippen LogP contribution in [-0.2, 0) is 23.1 Å². The molecule has 3 heterocycles. The first kappa shape index (κ1) is 22.3. The number of aromatic amines is 1. The summed E-state index contributed by atoms with van der Waals surface area (Å²) in [6, 6.07) is 10.1. The first-order valence-corrected chi connectivity index (χ1v) is 11.3. The Morgan fingerprint density at radius 3 is 2.65 bits per heavy atom. The maximum atomic E-state index is 13.4. The van der Waals surface area contributed by atoms with Crippen molar-refractivity contribution in [2.75, 3.05) is 0 Å². The molecular weight excluding hydrogens is 442 g/mol. The van der Waals surface area contributed by atoms with Crippen LogP contribution in [0, 0.1) is 6.92 Å². The first-order chi connectivity index (χ1) is 16.2. The van der Waals surface area contributed by atoms with Crippen molar-refractivity contribution < 1.29 is 24.5 Å². The molecule has 0 bridgehead atoms. The van der Waals surface area contributed by atoms with Gasteiger partial charge in [-0.2, -0.15) is 0 Å². The number of carbonyl (C=O) groups excluding carboxylic acids is 1. The fourth-order valence-corrected chi connectivity index (χ4v) is 4.52. The van der Waals surface area contributed by atoms with Crippen molar-refractivity contribution >= 4 is 5.78 Å². The highest BCUT2D eigenvalue weighted by Crippen LogP contribution is 2.52. The number of halogens is 2. The van der Waals surface area contributed by atoms with E-state index in [9.17, 15) is 18.4 Å². The number of aryl methyl sites for hydroxylation is 2. The fourth-order valence-electron chi connectivity index (χ4n) is 4.52.